The van der Waals surface area contributed by atoms with Gasteiger partial charge in [0, 0.05) is 13.2 Å². The van der Waals surface area contributed by atoms with E-state index in [-0.39, 0.29) is 5.82 Å². The van der Waals surface area contributed by atoms with Crippen molar-refractivity contribution in [3.8, 4) is 0 Å². The lowest BCUT2D eigenvalue weighted by Crippen LogP contribution is -2.09. The molecule has 0 aromatic heterocycles. The van der Waals surface area contributed by atoms with Crippen molar-refractivity contribution in [3.63, 3.8) is 0 Å². The summed E-state index contributed by atoms with van der Waals surface area (Å²) in [6.45, 7) is 6.83. The maximum atomic E-state index is 13.0. The molecule has 0 amide bonds. The fraction of sp³-hybridized carbons (Fsp3) is 0.571. The molecule has 0 aliphatic heterocycles. The molecule has 0 radical (unpaired) electrons. The SMILES string of the molecule is CC(C)COCCOCc1ccc(F)cc1CN. The Morgan fingerprint density at radius 1 is 1.17 bits per heavy atom. The second kappa shape index (κ2) is 8.19. The first-order valence-electron chi connectivity index (χ1n) is 6.26. The molecular formula is C14H22FNO2. The van der Waals surface area contributed by atoms with Gasteiger partial charge in [-0.2, -0.15) is 0 Å². The third-order valence-electron chi connectivity index (χ3n) is 2.47. The van der Waals surface area contributed by atoms with E-state index in [1.54, 1.807) is 6.07 Å². The molecule has 3 nitrogen and oxygen atoms in total. The zero-order valence-corrected chi connectivity index (χ0v) is 11.1. The lowest BCUT2D eigenvalue weighted by Gasteiger charge is -2.10. The maximum Gasteiger partial charge on any atom is 0.123 e. The molecule has 102 valence electrons. The number of hydrogen-bond acceptors (Lipinski definition) is 3. The normalized spacial score (nSPS) is 11.2. The highest BCUT2D eigenvalue weighted by Gasteiger charge is 2.03. The minimum Gasteiger partial charge on any atom is -0.379 e. The molecule has 1 rings (SSSR count). The number of halogens is 1. The number of rotatable bonds is 8. The lowest BCUT2D eigenvalue weighted by atomic mass is 10.1. The van der Waals surface area contributed by atoms with Crippen molar-refractivity contribution in [1.82, 2.24) is 0 Å². The van der Waals surface area contributed by atoms with Gasteiger partial charge in [-0.1, -0.05) is 19.9 Å². The Labute approximate surface area is 108 Å². The fourth-order valence-corrected chi connectivity index (χ4v) is 1.54. The van der Waals surface area contributed by atoms with E-state index in [2.05, 4.69) is 13.8 Å². The molecular weight excluding hydrogens is 233 g/mol. The number of ether oxygens (including phenoxy) is 2. The molecule has 0 atom stereocenters. The Kier molecular flexibility index (Phi) is 6.86. The molecule has 0 aliphatic rings. The van der Waals surface area contributed by atoms with Crippen LogP contribution in [0.5, 0.6) is 0 Å². The molecule has 0 fully saturated rings. The monoisotopic (exact) mass is 255 g/mol. The van der Waals surface area contributed by atoms with Crippen molar-refractivity contribution in [3.05, 3.63) is 35.1 Å². The van der Waals surface area contributed by atoms with Crippen molar-refractivity contribution >= 4 is 0 Å². The summed E-state index contributed by atoms with van der Waals surface area (Å²) in [7, 11) is 0. The van der Waals surface area contributed by atoms with Crippen LogP contribution in [-0.2, 0) is 22.6 Å². The van der Waals surface area contributed by atoms with E-state index in [0.717, 1.165) is 17.7 Å². The summed E-state index contributed by atoms with van der Waals surface area (Å²) in [6.07, 6.45) is 0. The van der Waals surface area contributed by atoms with E-state index >= 15 is 0 Å². The highest BCUT2D eigenvalue weighted by Crippen LogP contribution is 2.12. The van der Waals surface area contributed by atoms with Crippen LogP contribution in [0.1, 0.15) is 25.0 Å². The first-order valence-corrected chi connectivity index (χ1v) is 6.26. The minimum absolute atomic E-state index is 0.264. The molecule has 1 aromatic rings. The third-order valence-corrected chi connectivity index (χ3v) is 2.47. The fourth-order valence-electron chi connectivity index (χ4n) is 1.54. The van der Waals surface area contributed by atoms with Crippen molar-refractivity contribution < 1.29 is 13.9 Å². The summed E-state index contributed by atoms with van der Waals surface area (Å²) in [5, 5.41) is 0. The zero-order valence-electron chi connectivity index (χ0n) is 11.1. The van der Waals surface area contributed by atoms with E-state index in [1.165, 1.54) is 12.1 Å². The van der Waals surface area contributed by atoms with Gasteiger partial charge in [0.25, 0.3) is 0 Å². The second-order valence-electron chi connectivity index (χ2n) is 4.64. The molecule has 0 saturated carbocycles. The molecule has 0 aliphatic carbocycles. The standard InChI is InChI=1S/C14H22FNO2/c1-11(2)9-17-5-6-18-10-12-3-4-14(15)7-13(12)8-16/h3-4,7,11H,5-6,8-10,16H2,1-2H3. The number of hydrogen-bond donors (Lipinski definition) is 1. The highest BCUT2D eigenvalue weighted by molar-refractivity contribution is 5.27. The van der Waals surface area contributed by atoms with Gasteiger partial charge in [0.05, 0.1) is 19.8 Å². The van der Waals surface area contributed by atoms with Gasteiger partial charge in [0.2, 0.25) is 0 Å². The van der Waals surface area contributed by atoms with E-state index < -0.39 is 0 Å². The van der Waals surface area contributed by atoms with Crippen molar-refractivity contribution in [2.75, 3.05) is 19.8 Å². The van der Waals surface area contributed by atoms with Gasteiger partial charge >= 0.3 is 0 Å². The molecule has 0 bridgehead atoms. The van der Waals surface area contributed by atoms with Crippen LogP contribution in [0, 0.1) is 11.7 Å². The summed E-state index contributed by atoms with van der Waals surface area (Å²) in [6, 6.07) is 4.59. The number of nitrogens with two attached hydrogens (primary N) is 1. The quantitative estimate of drug-likeness (QED) is 0.726. The molecule has 18 heavy (non-hydrogen) atoms. The average molecular weight is 255 g/mol. The number of benzene rings is 1. The predicted molar refractivity (Wildman–Crippen MR) is 69.6 cm³/mol. The summed E-state index contributed by atoms with van der Waals surface area (Å²) in [5.41, 5.74) is 7.28. The molecule has 4 heteroatoms. The Hall–Kier alpha value is -0.970. The van der Waals surface area contributed by atoms with Gasteiger partial charge in [-0.25, -0.2) is 4.39 Å². The first kappa shape index (κ1) is 15.1. The largest absolute Gasteiger partial charge is 0.379 e. The van der Waals surface area contributed by atoms with Crippen LogP contribution in [0.15, 0.2) is 18.2 Å². The van der Waals surface area contributed by atoms with Gasteiger partial charge in [-0.3, -0.25) is 0 Å². The van der Waals surface area contributed by atoms with Crippen LogP contribution in [0.25, 0.3) is 0 Å². The van der Waals surface area contributed by atoms with Gasteiger partial charge in [0.15, 0.2) is 0 Å². The maximum absolute atomic E-state index is 13.0. The van der Waals surface area contributed by atoms with E-state index in [9.17, 15) is 4.39 Å². The molecule has 0 heterocycles. The zero-order chi connectivity index (χ0) is 13.4. The Balaban J connectivity index is 2.27. The van der Waals surface area contributed by atoms with Crippen LogP contribution in [0.3, 0.4) is 0 Å². The van der Waals surface area contributed by atoms with E-state index in [1.807, 2.05) is 0 Å². The summed E-state index contributed by atoms with van der Waals surface area (Å²) < 4.78 is 23.9. The van der Waals surface area contributed by atoms with E-state index in [4.69, 9.17) is 15.2 Å². The Morgan fingerprint density at radius 3 is 2.56 bits per heavy atom. The van der Waals surface area contributed by atoms with E-state index in [0.29, 0.717) is 32.3 Å². The second-order valence-corrected chi connectivity index (χ2v) is 4.64. The minimum atomic E-state index is -0.264. The summed E-state index contributed by atoms with van der Waals surface area (Å²) in [5.74, 6) is 0.269. The Morgan fingerprint density at radius 2 is 1.89 bits per heavy atom. The van der Waals surface area contributed by atoms with Gasteiger partial charge in [-0.05, 0) is 29.2 Å². The van der Waals surface area contributed by atoms with Gasteiger partial charge < -0.3 is 15.2 Å². The van der Waals surface area contributed by atoms with Crippen LogP contribution in [0.4, 0.5) is 4.39 Å². The van der Waals surface area contributed by atoms with Crippen LogP contribution in [0.2, 0.25) is 0 Å². The topological polar surface area (TPSA) is 44.5 Å². The predicted octanol–water partition coefficient (Wildman–Crippen LogP) is 2.47. The van der Waals surface area contributed by atoms with Crippen LogP contribution >= 0.6 is 0 Å². The van der Waals surface area contributed by atoms with Crippen molar-refractivity contribution in [2.24, 2.45) is 11.7 Å². The Bertz CT molecular complexity index is 356. The van der Waals surface area contributed by atoms with Gasteiger partial charge in [-0.15, -0.1) is 0 Å². The first-order chi connectivity index (χ1) is 8.63. The molecule has 0 spiro atoms. The lowest BCUT2D eigenvalue weighted by molar-refractivity contribution is 0.0312. The molecule has 0 unspecified atom stereocenters. The highest BCUT2D eigenvalue weighted by atomic mass is 19.1. The average Bonchev–Trinajstić information content (AvgIpc) is 2.34. The van der Waals surface area contributed by atoms with Crippen molar-refractivity contribution in [2.45, 2.75) is 27.0 Å². The molecule has 0 saturated heterocycles. The summed E-state index contributed by atoms with van der Waals surface area (Å²) >= 11 is 0. The van der Waals surface area contributed by atoms with Crippen LogP contribution < -0.4 is 5.73 Å². The smallest absolute Gasteiger partial charge is 0.123 e. The molecule has 1 aromatic carbocycles. The third kappa shape index (κ3) is 5.58. The van der Waals surface area contributed by atoms with Crippen LogP contribution in [-0.4, -0.2) is 19.8 Å². The van der Waals surface area contributed by atoms with Crippen molar-refractivity contribution in [1.29, 1.82) is 0 Å². The molecule has 2 N–H and O–H groups in total. The summed E-state index contributed by atoms with van der Waals surface area (Å²) in [4.78, 5) is 0. The van der Waals surface area contributed by atoms with Gasteiger partial charge in [0.1, 0.15) is 5.82 Å².